The number of rotatable bonds is 5. The van der Waals surface area contributed by atoms with E-state index in [0.29, 0.717) is 5.56 Å². The lowest BCUT2D eigenvalue weighted by Crippen LogP contribution is -2.27. The van der Waals surface area contributed by atoms with E-state index >= 15 is 0 Å². The van der Waals surface area contributed by atoms with Crippen molar-refractivity contribution in [1.29, 1.82) is 0 Å². The average Bonchev–Trinajstić information content (AvgIpc) is 2.27. The van der Waals surface area contributed by atoms with Crippen molar-refractivity contribution in [2.75, 3.05) is 18.5 Å². The average molecular weight is 236 g/mol. The lowest BCUT2D eigenvalue weighted by atomic mass is 10.1. The smallest absolute Gasteiger partial charge is 0.323 e. The lowest BCUT2D eigenvalue weighted by Gasteiger charge is -2.17. The van der Waals surface area contributed by atoms with Gasteiger partial charge in [-0.3, -0.25) is 9.59 Å². The van der Waals surface area contributed by atoms with Crippen LogP contribution in [-0.4, -0.2) is 36.5 Å². The molecule has 1 aromatic rings. The maximum Gasteiger partial charge on any atom is 0.323 e. The van der Waals surface area contributed by atoms with E-state index < -0.39 is 12.0 Å². The molecule has 0 aliphatic rings. The Morgan fingerprint density at radius 2 is 1.88 bits per heavy atom. The fourth-order valence-electron chi connectivity index (χ4n) is 1.44. The molecule has 17 heavy (non-hydrogen) atoms. The number of nitrogens with two attached hydrogens (primary N) is 1. The number of anilines is 1. The van der Waals surface area contributed by atoms with Crippen LogP contribution in [0.15, 0.2) is 24.3 Å². The monoisotopic (exact) mass is 236 g/mol. The highest BCUT2D eigenvalue weighted by atomic mass is 16.4. The molecule has 0 saturated heterocycles. The molecular weight excluding hydrogens is 220 g/mol. The Morgan fingerprint density at radius 3 is 2.29 bits per heavy atom. The van der Waals surface area contributed by atoms with Crippen molar-refractivity contribution in [3.8, 4) is 0 Å². The van der Waals surface area contributed by atoms with E-state index in [-0.39, 0.29) is 12.3 Å². The van der Waals surface area contributed by atoms with Gasteiger partial charge in [0.15, 0.2) is 5.78 Å². The van der Waals surface area contributed by atoms with Crippen molar-refractivity contribution in [1.82, 2.24) is 0 Å². The summed E-state index contributed by atoms with van der Waals surface area (Å²) in [6.45, 7) is 1.55. The molecule has 1 rings (SSSR count). The molecule has 0 aliphatic heterocycles. The van der Waals surface area contributed by atoms with Gasteiger partial charge in [-0.05, 0) is 31.2 Å². The fraction of sp³-hybridized carbons (Fsp3) is 0.333. The van der Waals surface area contributed by atoms with Gasteiger partial charge in [0, 0.05) is 18.3 Å². The molecule has 1 atom stereocenters. The maximum atomic E-state index is 11.6. The molecule has 0 fully saturated rings. The predicted octanol–water partition coefficient (Wildman–Crippen LogP) is 0.737. The Kier molecular flexibility index (Phi) is 4.23. The number of nitrogens with zero attached hydrogens (tertiary/aromatic N) is 1. The molecule has 0 amide bonds. The molecule has 0 bridgehead atoms. The number of carbonyl (C=O) groups is 2. The summed E-state index contributed by atoms with van der Waals surface area (Å²) >= 11 is 0. The van der Waals surface area contributed by atoms with Gasteiger partial charge in [-0.15, -0.1) is 0 Å². The van der Waals surface area contributed by atoms with E-state index in [2.05, 4.69) is 0 Å². The first-order valence-corrected chi connectivity index (χ1v) is 5.24. The first-order valence-electron chi connectivity index (χ1n) is 5.24. The quantitative estimate of drug-likeness (QED) is 0.736. The molecule has 5 nitrogen and oxygen atoms in total. The lowest BCUT2D eigenvalue weighted by molar-refractivity contribution is -0.135. The van der Waals surface area contributed by atoms with Crippen LogP contribution in [-0.2, 0) is 4.79 Å². The second-order valence-corrected chi connectivity index (χ2v) is 3.95. The van der Waals surface area contributed by atoms with Crippen LogP contribution >= 0.6 is 0 Å². The summed E-state index contributed by atoms with van der Waals surface area (Å²) in [5.74, 6) is -1.03. The van der Waals surface area contributed by atoms with Crippen LogP contribution in [0.25, 0.3) is 0 Å². The number of carboxylic acids is 1. The highest BCUT2D eigenvalue weighted by molar-refractivity contribution is 5.99. The minimum atomic E-state index is -0.900. The Bertz CT molecular complexity index is 412. The van der Waals surface area contributed by atoms with Crippen LogP contribution in [0.1, 0.15) is 17.3 Å². The Balaban J connectivity index is 2.81. The van der Waals surface area contributed by atoms with Crippen molar-refractivity contribution in [3.63, 3.8) is 0 Å². The van der Waals surface area contributed by atoms with Crippen LogP contribution < -0.4 is 10.6 Å². The summed E-state index contributed by atoms with van der Waals surface area (Å²) in [4.78, 5) is 23.7. The summed E-state index contributed by atoms with van der Waals surface area (Å²) in [5.41, 5.74) is 6.77. The molecule has 0 heterocycles. The van der Waals surface area contributed by atoms with Gasteiger partial charge in [-0.1, -0.05) is 0 Å². The minimum Gasteiger partial charge on any atom is -0.480 e. The van der Waals surface area contributed by atoms with Gasteiger partial charge in [0.1, 0.15) is 6.54 Å². The number of ketones is 1. The third-order valence-electron chi connectivity index (χ3n) is 2.38. The SMILES string of the molecule is CC(N)C(=O)c1ccc(N(C)CC(=O)O)cc1. The van der Waals surface area contributed by atoms with Crippen LogP contribution in [0.5, 0.6) is 0 Å². The van der Waals surface area contributed by atoms with E-state index in [1.54, 1.807) is 43.1 Å². The van der Waals surface area contributed by atoms with Crippen molar-refractivity contribution in [3.05, 3.63) is 29.8 Å². The van der Waals surface area contributed by atoms with Crippen molar-refractivity contribution >= 4 is 17.4 Å². The summed E-state index contributed by atoms with van der Waals surface area (Å²) in [7, 11) is 1.68. The molecule has 5 heteroatoms. The number of carbonyl (C=O) groups excluding carboxylic acids is 1. The van der Waals surface area contributed by atoms with Crippen LogP contribution in [0.4, 0.5) is 5.69 Å². The topological polar surface area (TPSA) is 83.6 Å². The first kappa shape index (κ1) is 13.2. The van der Waals surface area contributed by atoms with E-state index in [9.17, 15) is 9.59 Å². The molecule has 1 unspecified atom stereocenters. The summed E-state index contributed by atoms with van der Waals surface area (Å²) in [5, 5.41) is 8.65. The van der Waals surface area contributed by atoms with E-state index in [4.69, 9.17) is 10.8 Å². The second-order valence-electron chi connectivity index (χ2n) is 3.95. The number of Topliss-reactive ketones (excluding diaryl/α,β-unsaturated/α-hetero) is 1. The Labute approximate surface area is 99.8 Å². The Morgan fingerprint density at radius 1 is 1.35 bits per heavy atom. The Hall–Kier alpha value is -1.88. The standard InChI is InChI=1S/C12H16N2O3/c1-8(13)12(17)9-3-5-10(6-4-9)14(2)7-11(15)16/h3-6,8H,7,13H2,1-2H3,(H,15,16). The predicted molar refractivity (Wildman–Crippen MR) is 65.3 cm³/mol. The van der Waals surface area contributed by atoms with Gasteiger partial charge < -0.3 is 15.7 Å². The normalized spacial score (nSPS) is 11.9. The molecule has 92 valence electrons. The molecule has 0 aromatic heterocycles. The van der Waals surface area contributed by atoms with Crippen molar-refractivity contribution in [2.45, 2.75) is 13.0 Å². The van der Waals surface area contributed by atoms with Gasteiger partial charge in [-0.2, -0.15) is 0 Å². The number of likely N-dealkylation sites (N-methyl/N-ethyl adjacent to an activating group) is 1. The van der Waals surface area contributed by atoms with Gasteiger partial charge in [-0.25, -0.2) is 0 Å². The molecule has 3 N–H and O–H groups in total. The summed E-state index contributed by atoms with van der Waals surface area (Å²) < 4.78 is 0. The number of benzene rings is 1. The van der Waals surface area contributed by atoms with Crippen LogP contribution in [0.2, 0.25) is 0 Å². The van der Waals surface area contributed by atoms with Crippen LogP contribution in [0.3, 0.4) is 0 Å². The summed E-state index contributed by atoms with van der Waals surface area (Å²) in [6, 6.07) is 6.19. The van der Waals surface area contributed by atoms with Gasteiger partial charge >= 0.3 is 5.97 Å². The van der Waals surface area contributed by atoms with Crippen molar-refractivity contribution in [2.24, 2.45) is 5.73 Å². The third kappa shape index (κ3) is 3.57. The highest BCUT2D eigenvalue weighted by Crippen LogP contribution is 2.14. The molecule has 0 aliphatic carbocycles. The van der Waals surface area contributed by atoms with Gasteiger partial charge in [0.2, 0.25) is 0 Å². The fourth-order valence-corrected chi connectivity index (χ4v) is 1.44. The second kappa shape index (κ2) is 5.45. The number of hydrogen-bond donors (Lipinski definition) is 2. The molecule has 1 aromatic carbocycles. The zero-order chi connectivity index (χ0) is 13.0. The highest BCUT2D eigenvalue weighted by Gasteiger charge is 2.11. The zero-order valence-corrected chi connectivity index (χ0v) is 9.88. The van der Waals surface area contributed by atoms with E-state index in [1.165, 1.54) is 0 Å². The first-order chi connectivity index (χ1) is 7.91. The zero-order valence-electron chi connectivity index (χ0n) is 9.88. The largest absolute Gasteiger partial charge is 0.480 e. The number of hydrogen-bond acceptors (Lipinski definition) is 4. The van der Waals surface area contributed by atoms with E-state index in [1.807, 2.05) is 0 Å². The molecular formula is C12H16N2O3. The van der Waals surface area contributed by atoms with Crippen molar-refractivity contribution < 1.29 is 14.7 Å². The summed E-state index contributed by atoms with van der Waals surface area (Å²) in [6.07, 6.45) is 0. The molecule has 0 spiro atoms. The number of carboxylic acid groups (broad SMARTS) is 1. The van der Waals surface area contributed by atoms with Gasteiger partial charge in [0.25, 0.3) is 0 Å². The maximum absolute atomic E-state index is 11.6. The molecule has 0 saturated carbocycles. The van der Waals surface area contributed by atoms with E-state index in [0.717, 1.165) is 5.69 Å². The number of aliphatic carboxylic acids is 1. The minimum absolute atomic E-state index is 0.0828. The molecule has 0 radical (unpaired) electrons. The third-order valence-corrected chi connectivity index (χ3v) is 2.38. The van der Waals surface area contributed by atoms with Crippen LogP contribution in [0, 0.1) is 0 Å². The van der Waals surface area contributed by atoms with Gasteiger partial charge in [0.05, 0.1) is 6.04 Å².